The van der Waals surface area contributed by atoms with Gasteiger partial charge in [0.25, 0.3) is 5.91 Å². The average molecular weight is 432 g/mol. The molecule has 1 aliphatic rings. The summed E-state index contributed by atoms with van der Waals surface area (Å²) >= 11 is 0. The molecule has 2 N–H and O–H groups in total. The van der Waals surface area contributed by atoms with Gasteiger partial charge in [0.1, 0.15) is 17.0 Å². The Labute approximate surface area is 184 Å². The predicted molar refractivity (Wildman–Crippen MR) is 118 cm³/mol. The molecular weight excluding hydrogens is 408 g/mol. The van der Waals surface area contributed by atoms with Gasteiger partial charge in [-0.3, -0.25) is 4.79 Å². The zero-order chi connectivity index (χ0) is 22.1. The highest BCUT2D eigenvalue weighted by Gasteiger charge is 2.26. The van der Waals surface area contributed by atoms with Crippen LogP contribution >= 0.6 is 0 Å². The minimum Gasteiger partial charge on any atom is -0.459 e. The van der Waals surface area contributed by atoms with Gasteiger partial charge in [-0.1, -0.05) is 12.1 Å². The van der Waals surface area contributed by atoms with Crippen molar-refractivity contribution in [1.82, 2.24) is 20.1 Å². The van der Waals surface area contributed by atoms with Gasteiger partial charge in [-0.05, 0) is 43.2 Å². The van der Waals surface area contributed by atoms with Crippen molar-refractivity contribution in [3.63, 3.8) is 0 Å². The smallest absolute Gasteiger partial charge is 0.270 e. The predicted octanol–water partition coefficient (Wildman–Crippen LogP) is 2.79. The number of aliphatic hydroxyl groups is 1. The lowest BCUT2D eigenvalue weighted by Gasteiger charge is -2.28. The van der Waals surface area contributed by atoms with Crippen LogP contribution in [0.1, 0.15) is 33.8 Å². The summed E-state index contributed by atoms with van der Waals surface area (Å²) < 4.78 is 12.9. The van der Waals surface area contributed by atoms with E-state index in [2.05, 4.69) is 15.4 Å². The molecule has 0 spiro atoms. The fourth-order valence-electron chi connectivity index (χ4n) is 4.00. The number of furan rings is 1. The van der Waals surface area contributed by atoms with Crippen molar-refractivity contribution < 1.29 is 19.1 Å². The molecule has 0 bridgehead atoms. The molecule has 32 heavy (non-hydrogen) atoms. The van der Waals surface area contributed by atoms with E-state index in [0.717, 1.165) is 22.6 Å². The third-order valence-electron chi connectivity index (χ3n) is 5.65. The van der Waals surface area contributed by atoms with Crippen LogP contribution in [-0.2, 0) is 11.2 Å². The lowest BCUT2D eigenvalue weighted by atomic mass is 10.0. The van der Waals surface area contributed by atoms with Crippen molar-refractivity contribution in [2.24, 2.45) is 0 Å². The van der Waals surface area contributed by atoms with E-state index in [1.165, 1.54) is 0 Å². The van der Waals surface area contributed by atoms with Crippen LogP contribution in [0.5, 0.6) is 0 Å². The van der Waals surface area contributed by atoms with Crippen LogP contribution in [0.15, 0.2) is 59.3 Å². The maximum absolute atomic E-state index is 12.9. The van der Waals surface area contributed by atoms with Crippen LogP contribution in [0.3, 0.4) is 0 Å². The molecule has 4 aromatic rings. The normalized spacial score (nSPS) is 18.7. The van der Waals surface area contributed by atoms with Gasteiger partial charge in [0, 0.05) is 37.1 Å². The number of pyridine rings is 1. The minimum absolute atomic E-state index is 0.220. The first-order valence-corrected chi connectivity index (χ1v) is 10.6. The summed E-state index contributed by atoms with van der Waals surface area (Å²) in [5, 5.41) is 17.2. The molecule has 1 amide bonds. The summed E-state index contributed by atoms with van der Waals surface area (Å²) in [6, 6.07) is 13.2. The number of carbonyl (C=O) groups excluding carboxylic acids is 1. The highest BCUT2D eigenvalue weighted by molar-refractivity contribution is 5.95. The number of rotatable bonds is 5. The quantitative estimate of drug-likeness (QED) is 0.503. The van der Waals surface area contributed by atoms with Gasteiger partial charge in [0.05, 0.1) is 24.4 Å². The van der Waals surface area contributed by atoms with Crippen LogP contribution in [0.2, 0.25) is 0 Å². The molecule has 0 unspecified atom stereocenters. The molecule has 2 atom stereocenters. The van der Waals surface area contributed by atoms with Gasteiger partial charge in [-0.2, -0.15) is 5.10 Å². The highest BCUT2D eigenvalue weighted by atomic mass is 16.5. The number of benzene rings is 1. The van der Waals surface area contributed by atoms with Crippen molar-refractivity contribution in [1.29, 1.82) is 0 Å². The number of aromatic nitrogens is 3. The Hall–Kier alpha value is -3.49. The van der Waals surface area contributed by atoms with Crippen LogP contribution in [0.25, 0.3) is 16.8 Å². The zero-order valence-corrected chi connectivity index (χ0v) is 17.7. The molecule has 1 aromatic carbocycles. The number of nitrogens with zero attached hydrogens (tertiary/aromatic N) is 3. The maximum Gasteiger partial charge on any atom is 0.270 e. The Morgan fingerprint density at radius 2 is 2.12 bits per heavy atom. The van der Waals surface area contributed by atoms with E-state index in [1.54, 1.807) is 16.9 Å². The van der Waals surface area contributed by atoms with Crippen LogP contribution in [0.4, 0.5) is 0 Å². The van der Waals surface area contributed by atoms with Gasteiger partial charge in [0.15, 0.2) is 5.58 Å². The second kappa shape index (κ2) is 8.57. The third kappa shape index (κ3) is 4.15. The highest BCUT2D eigenvalue weighted by Crippen LogP contribution is 2.25. The topological polar surface area (TPSA) is 102 Å². The molecule has 5 rings (SSSR count). The Bertz CT molecular complexity index is 1230. The number of carbonyl (C=O) groups is 1. The molecule has 0 saturated carbocycles. The molecule has 0 aliphatic carbocycles. The van der Waals surface area contributed by atoms with E-state index in [9.17, 15) is 9.90 Å². The molecule has 4 heterocycles. The Morgan fingerprint density at radius 3 is 2.88 bits per heavy atom. The fourth-order valence-corrected chi connectivity index (χ4v) is 4.00. The number of hydrogen-bond donors (Lipinski definition) is 2. The Balaban J connectivity index is 1.42. The van der Waals surface area contributed by atoms with Crippen LogP contribution in [-0.4, -0.2) is 51.1 Å². The third-order valence-corrected chi connectivity index (χ3v) is 5.65. The largest absolute Gasteiger partial charge is 0.459 e. The molecule has 1 fully saturated rings. The molecule has 1 saturated heterocycles. The molecule has 8 heteroatoms. The number of hydrogen-bond acceptors (Lipinski definition) is 6. The zero-order valence-electron chi connectivity index (χ0n) is 17.7. The summed E-state index contributed by atoms with van der Waals surface area (Å²) in [7, 11) is 0. The van der Waals surface area contributed by atoms with E-state index in [1.807, 2.05) is 49.5 Å². The second-order valence-electron chi connectivity index (χ2n) is 8.04. The van der Waals surface area contributed by atoms with E-state index in [0.29, 0.717) is 36.2 Å². The first kappa shape index (κ1) is 20.4. The number of amides is 1. The van der Waals surface area contributed by atoms with Crippen molar-refractivity contribution in [3.8, 4) is 5.69 Å². The number of ether oxygens (including phenoxy) is 1. The SMILES string of the molecule is Cc1cc2nc(C(=O)N[C@H]3CCOC[C@@H]3O)cc(Cc3ccc(-n4cccn4)cc3)c2o1. The summed E-state index contributed by atoms with van der Waals surface area (Å²) in [5.74, 6) is 0.423. The number of aliphatic hydroxyl groups excluding tert-OH is 1. The first-order valence-electron chi connectivity index (χ1n) is 10.6. The molecule has 8 nitrogen and oxygen atoms in total. The number of fused-ring (bicyclic) bond motifs is 1. The summed E-state index contributed by atoms with van der Waals surface area (Å²) in [5.41, 5.74) is 4.57. The molecule has 3 aromatic heterocycles. The summed E-state index contributed by atoms with van der Waals surface area (Å²) in [4.78, 5) is 17.4. The number of nitrogens with one attached hydrogen (secondary N) is 1. The maximum atomic E-state index is 12.9. The fraction of sp³-hybridized carbons (Fsp3) is 0.292. The Kier molecular flexibility index (Phi) is 5.46. The molecular formula is C24H24N4O4. The molecule has 1 aliphatic heterocycles. The first-order chi connectivity index (χ1) is 15.6. The standard InChI is InChI=1S/C24H24N4O4/c1-15-11-20-23(32-15)17(12-16-3-5-18(6-4-16)28-9-2-8-25-28)13-21(26-20)24(30)27-19-7-10-31-14-22(19)29/h2-6,8-9,11,13,19,22,29H,7,10,12,14H2,1H3,(H,27,30)/t19-,22-/m0/s1. The van der Waals surface area contributed by atoms with Gasteiger partial charge >= 0.3 is 0 Å². The number of aryl methyl sites for hydroxylation is 1. The lowest BCUT2D eigenvalue weighted by molar-refractivity contribution is -0.0261. The van der Waals surface area contributed by atoms with Gasteiger partial charge in [-0.25, -0.2) is 9.67 Å². The van der Waals surface area contributed by atoms with Crippen LogP contribution in [0, 0.1) is 6.92 Å². The average Bonchev–Trinajstić information content (AvgIpc) is 3.45. The van der Waals surface area contributed by atoms with E-state index < -0.39 is 6.10 Å². The summed E-state index contributed by atoms with van der Waals surface area (Å²) in [6.45, 7) is 2.59. The van der Waals surface area contributed by atoms with Crippen LogP contribution < -0.4 is 5.32 Å². The minimum atomic E-state index is -0.722. The van der Waals surface area contributed by atoms with E-state index >= 15 is 0 Å². The second-order valence-corrected chi connectivity index (χ2v) is 8.04. The monoisotopic (exact) mass is 432 g/mol. The van der Waals surface area contributed by atoms with Crippen molar-refractivity contribution >= 4 is 17.0 Å². The van der Waals surface area contributed by atoms with Gasteiger partial charge < -0.3 is 19.6 Å². The lowest BCUT2D eigenvalue weighted by Crippen LogP contribution is -2.48. The van der Waals surface area contributed by atoms with Crippen molar-refractivity contribution in [2.45, 2.75) is 31.9 Å². The van der Waals surface area contributed by atoms with Gasteiger partial charge in [0.2, 0.25) is 0 Å². The molecule has 164 valence electrons. The molecule has 0 radical (unpaired) electrons. The van der Waals surface area contributed by atoms with E-state index in [-0.39, 0.29) is 18.6 Å². The van der Waals surface area contributed by atoms with Gasteiger partial charge in [-0.15, -0.1) is 0 Å². The summed E-state index contributed by atoms with van der Waals surface area (Å²) in [6.07, 6.45) is 4.07. The van der Waals surface area contributed by atoms with Crippen molar-refractivity contribution in [3.05, 3.63) is 77.4 Å². The Morgan fingerprint density at radius 1 is 1.28 bits per heavy atom. The van der Waals surface area contributed by atoms with E-state index in [4.69, 9.17) is 9.15 Å². The van der Waals surface area contributed by atoms with Crippen molar-refractivity contribution in [2.75, 3.05) is 13.2 Å².